The van der Waals surface area contributed by atoms with Gasteiger partial charge in [0.1, 0.15) is 0 Å². The quantitative estimate of drug-likeness (QED) is 0.772. The van der Waals surface area contributed by atoms with Crippen molar-refractivity contribution in [1.82, 2.24) is 14.6 Å². The van der Waals surface area contributed by atoms with Crippen molar-refractivity contribution in [2.75, 3.05) is 25.1 Å². The summed E-state index contributed by atoms with van der Waals surface area (Å²) in [6, 6.07) is 3.53. The molecule has 0 radical (unpaired) electrons. The fourth-order valence-electron chi connectivity index (χ4n) is 2.23. The number of aromatic nitrogens is 1. The topological polar surface area (TPSA) is 62.3 Å². The number of rotatable bonds is 7. The maximum Gasteiger partial charge on any atom is 0.260 e. The van der Waals surface area contributed by atoms with Gasteiger partial charge in [0.05, 0.1) is 0 Å². The zero-order valence-corrected chi connectivity index (χ0v) is 14.2. The van der Waals surface area contributed by atoms with E-state index in [0.717, 1.165) is 43.0 Å². The Kier molecular flexibility index (Phi) is 6.04. The molecule has 1 saturated heterocycles. The summed E-state index contributed by atoms with van der Waals surface area (Å²) in [5.41, 5.74) is 1.00. The van der Waals surface area contributed by atoms with E-state index < -0.39 is 10.0 Å². The molecule has 0 saturated carbocycles. The highest BCUT2D eigenvalue weighted by Crippen LogP contribution is 2.25. The van der Waals surface area contributed by atoms with Crippen LogP contribution in [0.2, 0.25) is 0 Å². The molecule has 21 heavy (non-hydrogen) atoms. The summed E-state index contributed by atoms with van der Waals surface area (Å²) in [6.45, 7) is 3.77. The highest BCUT2D eigenvalue weighted by atomic mass is 32.2. The molecule has 5 nitrogen and oxygen atoms in total. The van der Waals surface area contributed by atoms with Crippen LogP contribution >= 0.6 is 11.8 Å². The first kappa shape index (κ1) is 16.7. The summed E-state index contributed by atoms with van der Waals surface area (Å²) in [4.78, 5) is 4.15. The largest absolute Gasteiger partial charge is 0.313 e. The van der Waals surface area contributed by atoms with Crippen LogP contribution in [0.15, 0.2) is 23.4 Å². The molecule has 1 unspecified atom stereocenters. The van der Waals surface area contributed by atoms with Crippen molar-refractivity contribution in [2.24, 2.45) is 0 Å². The van der Waals surface area contributed by atoms with E-state index >= 15 is 0 Å². The van der Waals surface area contributed by atoms with E-state index in [9.17, 15) is 8.42 Å². The second-order valence-electron chi connectivity index (χ2n) is 5.22. The van der Waals surface area contributed by atoms with Crippen LogP contribution in [0.4, 0.5) is 0 Å². The Morgan fingerprint density at radius 2 is 2.29 bits per heavy atom. The zero-order valence-electron chi connectivity index (χ0n) is 12.6. The second-order valence-corrected chi connectivity index (χ2v) is 8.31. The minimum absolute atomic E-state index is 0.0905. The Morgan fingerprint density at radius 3 is 2.86 bits per heavy atom. The summed E-state index contributed by atoms with van der Waals surface area (Å²) in [7, 11) is -1.82. The molecule has 118 valence electrons. The van der Waals surface area contributed by atoms with Crippen LogP contribution in [0, 0.1) is 0 Å². The van der Waals surface area contributed by atoms with E-state index in [-0.39, 0.29) is 11.1 Å². The predicted octanol–water partition coefficient (Wildman–Crippen LogP) is 1.71. The van der Waals surface area contributed by atoms with Gasteiger partial charge in [-0.3, -0.25) is 0 Å². The molecule has 0 spiro atoms. The Bertz CT molecular complexity index is 540. The van der Waals surface area contributed by atoms with Gasteiger partial charge in [-0.2, -0.15) is 16.1 Å². The van der Waals surface area contributed by atoms with Gasteiger partial charge in [-0.15, -0.1) is 0 Å². The summed E-state index contributed by atoms with van der Waals surface area (Å²) in [5, 5.41) is 3.41. The van der Waals surface area contributed by atoms with Gasteiger partial charge in [0, 0.05) is 31.6 Å². The molecule has 1 aromatic rings. The van der Waals surface area contributed by atoms with Gasteiger partial charge < -0.3 is 5.32 Å². The second kappa shape index (κ2) is 7.58. The number of thioether (sulfide) groups is 1. The molecule has 0 bridgehead atoms. The van der Waals surface area contributed by atoms with E-state index in [1.807, 2.05) is 6.07 Å². The van der Waals surface area contributed by atoms with Crippen molar-refractivity contribution in [3.05, 3.63) is 23.9 Å². The average Bonchev–Trinajstić information content (AvgIpc) is 3.01. The molecule has 2 rings (SSSR count). The number of nitrogens with one attached hydrogen (secondary N) is 1. The van der Waals surface area contributed by atoms with Crippen LogP contribution in [0.25, 0.3) is 0 Å². The van der Waals surface area contributed by atoms with Crippen LogP contribution in [-0.4, -0.2) is 48.8 Å². The van der Waals surface area contributed by atoms with E-state index in [1.54, 1.807) is 31.1 Å². The molecular formula is C14H23N3O2S2. The maximum atomic E-state index is 12.5. The molecule has 1 atom stereocenters. The number of sulfonamides is 1. The van der Waals surface area contributed by atoms with Crippen molar-refractivity contribution in [2.45, 2.75) is 37.4 Å². The van der Waals surface area contributed by atoms with E-state index in [2.05, 4.69) is 17.2 Å². The molecule has 1 fully saturated rings. The molecule has 0 aromatic carbocycles. The first-order valence-electron chi connectivity index (χ1n) is 7.27. The molecule has 0 amide bonds. The summed E-state index contributed by atoms with van der Waals surface area (Å²) in [6.07, 6.45) is 3.64. The number of nitrogens with zero attached hydrogens (tertiary/aromatic N) is 2. The third-order valence-electron chi connectivity index (χ3n) is 3.62. The van der Waals surface area contributed by atoms with Crippen molar-refractivity contribution in [3.8, 4) is 0 Å². The predicted molar refractivity (Wildman–Crippen MR) is 86.9 cm³/mol. The number of hydrogen-bond donors (Lipinski definition) is 1. The third kappa shape index (κ3) is 4.18. The molecule has 2 heterocycles. The van der Waals surface area contributed by atoms with Crippen molar-refractivity contribution < 1.29 is 8.42 Å². The normalized spacial score (nSPS) is 19.3. The van der Waals surface area contributed by atoms with Gasteiger partial charge in [-0.1, -0.05) is 13.0 Å². The third-order valence-corrected chi connectivity index (χ3v) is 6.59. The highest BCUT2D eigenvalue weighted by molar-refractivity contribution is 7.99. The molecule has 1 aliphatic rings. The fourth-order valence-corrected chi connectivity index (χ4v) is 4.89. The molecule has 1 N–H and O–H groups in total. The van der Waals surface area contributed by atoms with Crippen LogP contribution in [0.3, 0.4) is 0 Å². The SMILES string of the molecule is CCCNCc1ccc(S(=O)(=O)N(C)C2CCSC2)nc1. The van der Waals surface area contributed by atoms with Crippen molar-refractivity contribution >= 4 is 21.8 Å². The molecule has 1 aromatic heterocycles. The Hall–Kier alpha value is -0.630. The van der Waals surface area contributed by atoms with E-state index in [0.29, 0.717) is 0 Å². The lowest BCUT2D eigenvalue weighted by Crippen LogP contribution is -2.37. The zero-order chi connectivity index (χ0) is 15.3. The van der Waals surface area contributed by atoms with Crippen molar-refractivity contribution in [3.63, 3.8) is 0 Å². The lowest BCUT2D eigenvalue weighted by Gasteiger charge is -2.22. The van der Waals surface area contributed by atoms with E-state index in [1.165, 1.54) is 4.31 Å². The monoisotopic (exact) mass is 329 g/mol. The Balaban J connectivity index is 2.05. The van der Waals surface area contributed by atoms with Gasteiger partial charge in [-0.25, -0.2) is 13.4 Å². The Morgan fingerprint density at radius 1 is 1.48 bits per heavy atom. The molecule has 7 heteroatoms. The summed E-state index contributed by atoms with van der Waals surface area (Å²) >= 11 is 1.80. The fraction of sp³-hybridized carbons (Fsp3) is 0.643. The van der Waals surface area contributed by atoms with Crippen LogP contribution < -0.4 is 5.32 Å². The Labute approximate surface area is 131 Å². The lowest BCUT2D eigenvalue weighted by molar-refractivity contribution is 0.393. The van der Waals surface area contributed by atoms with Crippen LogP contribution in [-0.2, 0) is 16.6 Å². The molecular weight excluding hydrogens is 306 g/mol. The average molecular weight is 329 g/mol. The minimum Gasteiger partial charge on any atom is -0.313 e. The van der Waals surface area contributed by atoms with E-state index in [4.69, 9.17) is 0 Å². The van der Waals surface area contributed by atoms with Gasteiger partial charge in [0.15, 0.2) is 5.03 Å². The minimum atomic E-state index is -3.48. The first-order chi connectivity index (χ1) is 10.1. The number of hydrogen-bond acceptors (Lipinski definition) is 5. The van der Waals surface area contributed by atoms with Crippen LogP contribution in [0.5, 0.6) is 0 Å². The van der Waals surface area contributed by atoms with Gasteiger partial charge in [0.2, 0.25) is 0 Å². The van der Waals surface area contributed by atoms with Crippen LogP contribution in [0.1, 0.15) is 25.3 Å². The first-order valence-corrected chi connectivity index (χ1v) is 9.86. The maximum absolute atomic E-state index is 12.5. The molecule has 0 aliphatic carbocycles. The van der Waals surface area contributed by atoms with Gasteiger partial charge in [-0.05, 0) is 36.8 Å². The smallest absolute Gasteiger partial charge is 0.260 e. The lowest BCUT2D eigenvalue weighted by atomic mass is 10.3. The highest BCUT2D eigenvalue weighted by Gasteiger charge is 2.31. The summed E-state index contributed by atoms with van der Waals surface area (Å²) < 4.78 is 26.5. The summed E-state index contributed by atoms with van der Waals surface area (Å²) in [5.74, 6) is 1.90. The number of pyridine rings is 1. The van der Waals surface area contributed by atoms with Gasteiger partial charge in [0.25, 0.3) is 10.0 Å². The van der Waals surface area contributed by atoms with Gasteiger partial charge >= 0.3 is 0 Å². The molecule has 1 aliphatic heterocycles. The van der Waals surface area contributed by atoms with Crippen molar-refractivity contribution in [1.29, 1.82) is 0 Å². The standard InChI is InChI=1S/C14H23N3O2S2/c1-3-7-15-9-12-4-5-14(16-10-12)21(18,19)17(2)13-6-8-20-11-13/h4-5,10,13,15H,3,6-9,11H2,1-2H3.